The van der Waals surface area contributed by atoms with Crippen LogP contribution in [0, 0.1) is 20.8 Å². The number of aromatic nitrogens is 3. The van der Waals surface area contributed by atoms with Gasteiger partial charge >= 0.3 is 0 Å². The number of fused-ring (bicyclic) bond motifs is 1. The summed E-state index contributed by atoms with van der Waals surface area (Å²) in [5.74, 6) is -0.154. The molecule has 146 valence electrons. The second-order valence-corrected chi connectivity index (χ2v) is 7.43. The molecule has 0 fully saturated rings. The lowest BCUT2D eigenvalue weighted by Gasteiger charge is -2.15. The zero-order chi connectivity index (χ0) is 20.5. The van der Waals surface area contributed by atoms with Crippen LogP contribution >= 0.6 is 0 Å². The van der Waals surface area contributed by atoms with Gasteiger partial charge in [-0.15, -0.1) is 0 Å². The maximum atomic E-state index is 12.9. The van der Waals surface area contributed by atoms with Gasteiger partial charge in [0.25, 0.3) is 5.91 Å². The van der Waals surface area contributed by atoms with E-state index in [9.17, 15) is 4.79 Å². The predicted molar refractivity (Wildman–Crippen MR) is 115 cm³/mol. The van der Waals surface area contributed by atoms with Gasteiger partial charge in [-0.25, -0.2) is 9.50 Å². The second kappa shape index (κ2) is 7.51. The number of carbonyl (C=O) groups is 1. The molecular weight excluding hydrogens is 360 g/mol. The molecular formula is C24H24N4O. The molecule has 0 spiro atoms. The van der Waals surface area contributed by atoms with Crippen molar-refractivity contribution in [3.8, 4) is 11.1 Å². The molecule has 4 aromatic rings. The van der Waals surface area contributed by atoms with Crippen LogP contribution < -0.4 is 5.32 Å². The molecule has 2 heterocycles. The van der Waals surface area contributed by atoms with Gasteiger partial charge in [0.15, 0.2) is 5.65 Å². The molecule has 1 N–H and O–H groups in total. The Bertz CT molecular complexity index is 1190. The van der Waals surface area contributed by atoms with E-state index in [1.54, 1.807) is 10.7 Å². The molecule has 1 amide bonds. The van der Waals surface area contributed by atoms with E-state index >= 15 is 0 Å². The van der Waals surface area contributed by atoms with E-state index in [0.29, 0.717) is 5.56 Å². The number of carbonyl (C=O) groups excluding carboxylic acids is 1. The first kappa shape index (κ1) is 18.9. The Morgan fingerprint density at radius 2 is 1.79 bits per heavy atom. The number of rotatable bonds is 4. The molecule has 5 nitrogen and oxygen atoms in total. The van der Waals surface area contributed by atoms with Crippen LogP contribution in [0.25, 0.3) is 16.8 Å². The van der Waals surface area contributed by atoms with Crippen LogP contribution in [0.4, 0.5) is 0 Å². The molecule has 5 heteroatoms. The Morgan fingerprint density at radius 1 is 1.03 bits per heavy atom. The Labute approximate surface area is 170 Å². The van der Waals surface area contributed by atoms with Gasteiger partial charge in [0.05, 0.1) is 23.0 Å². The monoisotopic (exact) mass is 384 g/mol. The van der Waals surface area contributed by atoms with E-state index in [4.69, 9.17) is 0 Å². The van der Waals surface area contributed by atoms with Crippen LogP contribution in [0.2, 0.25) is 0 Å². The highest BCUT2D eigenvalue weighted by molar-refractivity contribution is 5.96. The lowest BCUT2D eigenvalue weighted by molar-refractivity contribution is 0.0938. The van der Waals surface area contributed by atoms with Crippen molar-refractivity contribution in [3.05, 3.63) is 88.9 Å². The summed E-state index contributed by atoms with van der Waals surface area (Å²) in [6, 6.07) is 18.1. The molecule has 0 aliphatic carbocycles. The minimum absolute atomic E-state index is 0.0963. The smallest absolute Gasteiger partial charge is 0.255 e. The normalized spacial score (nSPS) is 12.1. The summed E-state index contributed by atoms with van der Waals surface area (Å²) < 4.78 is 1.77. The largest absolute Gasteiger partial charge is 0.345 e. The number of amides is 1. The van der Waals surface area contributed by atoms with Gasteiger partial charge < -0.3 is 5.32 Å². The van der Waals surface area contributed by atoms with Gasteiger partial charge in [-0.05, 0) is 38.8 Å². The van der Waals surface area contributed by atoms with Gasteiger partial charge in [-0.1, -0.05) is 60.2 Å². The Balaban J connectivity index is 1.71. The molecule has 0 saturated heterocycles. The van der Waals surface area contributed by atoms with Crippen molar-refractivity contribution in [1.29, 1.82) is 0 Å². The van der Waals surface area contributed by atoms with E-state index < -0.39 is 0 Å². The van der Waals surface area contributed by atoms with Crippen molar-refractivity contribution in [2.24, 2.45) is 0 Å². The fourth-order valence-corrected chi connectivity index (χ4v) is 3.66. The van der Waals surface area contributed by atoms with Gasteiger partial charge in [-0.3, -0.25) is 4.79 Å². The van der Waals surface area contributed by atoms with E-state index in [1.165, 1.54) is 5.56 Å². The van der Waals surface area contributed by atoms with E-state index in [-0.39, 0.29) is 11.9 Å². The summed E-state index contributed by atoms with van der Waals surface area (Å²) in [6.45, 7) is 7.92. The standard InChI is InChI=1S/C24H24N4O/c1-15-9-8-12-20(13-15)22-17(3)27-28-18(4)21(14-25-23(22)28)24(29)26-16(2)19-10-6-5-7-11-19/h5-14,16H,1-4H3,(H,26,29). The number of benzene rings is 2. The predicted octanol–water partition coefficient (Wildman–Crippen LogP) is 4.81. The van der Waals surface area contributed by atoms with Crippen LogP contribution in [0.5, 0.6) is 0 Å². The van der Waals surface area contributed by atoms with E-state index in [0.717, 1.165) is 33.7 Å². The van der Waals surface area contributed by atoms with Crippen LogP contribution in [0.3, 0.4) is 0 Å². The molecule has 2 aromatic carbocycles. The third kappa shape index (κ3) is 3.51. The topological polar surface area (TPSA) is 59.3 Å². The number of nitrogens with zero attached hydrogens (tertiary/aromatic N) is 3. The van der Waals surface area contributed by atoms with Gasteiger partial charge in [0.1, 0.15) is 0 Å². The SMILES string of the molecule is Cc1cccc(-c2c(C)nn3c(C)c(C(=O)NC(C)c4ccccc4)cnc23)c1. The first-order chi connectivity index (χ1) is 14.0. The van der Waals surface area contributed by atoms with Crippen LogP contribution in [-0.4, -0.2) is 20.5 Å². The van der Waals surface area contributed by atoms with Crippen molar-refractivity contribution in [3.63, 3.8) is 0 Å². The average molecular weight is 384 g/mol. The molecule has 0 bridgehead atoms. The highest BCUT2D eigenvalue weighted by atomic mass is 16.1. The third-order valence-electron chi connectivity index (χ3n) is 5.26. The maximum absolute atomic E-state index is 12.9. The number of aryl methyl sites for hydroxylation is 3. The summed E-state index contributed by atoms with van der Waals surface area (Å²) >= 11 is 0. The van der Waals surface area contributed by atoms with Crippen molar-refractivity contribution in [2.75, 3.05) is 0 Å². The maximum Gasteiger partial charge on any atom is 0.255 e. The van der Waals surface area contributed by atoms with Crippen molar-refractivity contribution in [2.45, 2.75) is 33.7 Å². The van der Waals surface area contributed by atoms with Crippen molar-refractivity contribution < 1.29 is 4.79 Å². The zero-order valence-electron chi connectivity index (χ0n) is 17.1. The van der Waals surface area contributed by atoms with Gasteiger partial charge in [-0.2, -0.15) is 5.10 Å². The van der Waals surface area contributed by atoms with Gasteiger partial charge in [0.2, 0.25) is 0 Å². The van der Waals surface area contributed by atoms with Crippen LogP contribution in [0.1, 0.15) is 45.8 Å². The Hall–Kier alpha value is -3.47. The highest BCUT2D eigenvalue weighted by Gasteiger charge is 2.20. The van der Waals surface area contributed by atoms with Gasteiger partial charge in [0, 0.05) is 11.8 Å². The number of hydrogen-bond acceptors (Lipinski definition) is 3. The fraction of sp³-hybridized carbons (Fsp3) is 0.208. The van der Waals surface area contributed by atoms with E-state index in [1.807, 2.05) is 57.2 Å². The summed E-state index contributed by atoms with van der Waals surface area (Å²) in [4.78, 5) is 17.5. The molecule has 1 atom stereocenters. The lowest BCUT2D eigenvalue weighted by Crippen LogP contribution is -2.28. The second-order valence-electron chi connectivity index (χ2n) is 7.43. The Morgan fingerprint density at radius 3 is 2.52 bits per heavy atom. The summed E-state index contributed by atoms with van der Waals surface area (Å²) in [5.41, 5.74) is 7.28. The minimum Gasteiger partial charge on any atom is -0.345 e. The zero-order valence-corrected chi connectivity index (χ0v) is 17.1. The molecule has 4 rings (SSSR count). The molecule has 2 aromatic heterocycles. The van der Waals surface area contributed by atoms with Crippen LogP contribution in [0.15, 0.2) is 60.8 Å². The van der Waals surface area contributed by atoms with Crippen molar-refractivity contribution >= 4 is 11.6 Å². The highest BCUT2D eigenvalue weighted by Crippen LogP contribution is 2.29. The third-order valence-corrected chi connectivity index (χ3v) is 5.26. The van der Waals surface area contributed by atoms with Crippen LogP contribution in [-0.2, 0) is 0 Å². The number of nitrogens with one attached hydrogen (secondary N) is 1. The average Bonchev–Trinajstić information content (AvgIpc) is 3.05. The first-order valence-electron chi connectivity index (χ1n) is 9.73. The quantitative estimate of drug-likeness (QED) is 0.549. The van der Waals surface area contributed by atoms with Crippen molar-refractivity contribution in [1.82, 2.24) is 19.9 Å². The minimum atomic E-state index is -0.154. The molecule has 0 saturated carbocycles. The summed E-state index contributed by atoms with van der Waals surface area (Å²) in [6.07, 6.45) is 1.65. The summed E-state index contributed by atoms with van der Waals surface area (Å²) in [5, 5.41) is 7.73. The fourth-order valence-electron chi connectivity index (χ4n) is 3.66. The summed E-state index contributed by atoms with van der Waals surface area (Å²) in [7, 11) is 0. The Kier molecular flexibility index (Phi) is 4.89. The molecule has 0 aliphatic heterocycles. The molecule has 0 radical (unpaired) electrons. The molecule has 1 unspecified atom stereocenters. The lowest BCUT2D eigenvalue weighted by atomic mass is 10.0. The molecule has 29 heavy (non-hydrogen) atoms. The number of hydrogen-bond donors (Lipinski definition) is 1. The molecule has 0 aliphatic rings. The first-order valence-corrected chi connectivity index (χ1v) is 9.73. The van der Waals surface area contributed by atoms with E-state index in [2.05, 4.69) is 40.5 Å².